The lowest BCUT2D eigenvalue weighted by Crippen LogP contribution is -2.52. The van der Waals surface area contributed by atoms with E-state index in [0.717, 1.165) is 5.56 Å². The van der Waals surface area contributed by atoms with Crippen LogP contribution in [0.3, 0.4) is 0 Å². The van der Waals surface area contributed by atoms with E-state index in [9.17, 15) is 10.2 Å². The highest BCUT2D eigenvalue weighted by atomic mass is 16.7. The number of benzene rings is 3. The fourth-order valence-electron chi connectivity index (χ4n) is 5.71. The molecule has 3 aromatic rings. The smallest absolute Gasteiger partial charge is 0.231 e. The Bertz CT molecular complexity index is 1230. The molecule has 0 bridgehead atoms. The number of fused-ring (bicyclic) bond motifs is 4. The fraction of sp³-hybridized carbons (Fsp3) is 0.308. The third-order valence-electron chi connectivity index (χ3n) is 7.15. The van der Waals surface area contributed by atoms with Crippen molar-refractivity contribution in [2.75, 3.05) is 21.0 Å². The molecule has 2 N–H and O–H groups in total. The van der Waals surface area contributed by atoms with E-state index in [1.807, 2.05) is 48.5 Å². The van der Waals surface area contributed by atoms with Gasteiger partial charge in [-0.3, -0.25) is 0 Å². The highest BCUT2D eigenvalue weighted by Gasteiger charge is 2.73. The Labute approximate surface area is 191 Å². The SMILES string of the molecule is COc1cc(OC)c2c(c1)O[C@@]1(c3ccc4c(c3)OCO4)[C@H](c3ccccc3)CC(O)[C@@]21O. The van der Waals surface area contributed by atoms with E-state index in [1.54, 1.807) is 19.2 Å². The maximum atomic E-state index is 12.4. The summed E-state index contributed by atoms with van der Waals surface area (Å²) in [6.45, 7) is 0.132. The molecule has 4 atom stereocenters. The van der Waals surface area contributed by atoms with Gasteiger partial charge in [-0.15, -0.1) is 0 Å². The minimum Gasteiger partial charge on any atom is -0.496 e. The van der Waals surface area contributed by atoms with Crippen molar-refractivity contribution in [2.24, 2.45) is 0 Å². The second kappa shape index (κ2) is 7.04. The first-order chi connectivity index (χ1) is 16.0. The summed E-state index contributed by atoms with van der Waals surface area (Å²) in [7, 11) is 3.08. The first kappa shape index (κ1) is 20.2. The van der Waals surface area contributed by atoms with Crippen LogP contribution in [0.5, 0.6) is 28.7 Å². The average Bonchev–Trinajstić information content (AvgIpc) is 3.48. The molecule has 170 valence electrons. The standard InChI is InChI=1S/C26H24O7/c1-29-17-11-21(30-2)24-22(12-17)33-26(16-8-9-19-20(10-16)32-14-31-19)18(13-23(27)25(24,26)28)15-6-4-3-5-7-15/h3-12,18,23,27-28H,13-14H2,1-2H3/t18-,23?,25+,26-/m0/s1. The number of hydrogen-bond acceptors (Lipinski definition) is 7. The van der Waals surface area contributed by atoms with E-state index in [0.29, 0.717) is 46.3 Å². The van der Waals surface area contributed by atoms with Crippen LogP contribution in [0.25, 0.3) is 0 Å². The number of aliphatic hydroxyl groups is 2. The van der Waals surface area contributed by atoms with Crippen molar-refractivity contribution in [1.82, 2.24) is 0 Å². The van der Waals surface area contributed by atoms with Crippen molar-refractivity contribution in [3.63, 3.8) is 0 Å². The number of methoxy groups -OCH3 is 2. The second-order valence-corrected chi connectivity index (χ2v) is 8.59. The van der Waals surface area contributed by atoms with Crippen molar-refractivity contribution in [3.05, 3.63) is 77.4 Å². The van der Waals surface area contributed by atoms with E-state index in [-0.39, 0.29) is 12.7 Å². The van der Waals surface area contributed by atoms with Crippen molar-refractivity contribution < 1.29 is 33.9 Å². The van der Waals surface area contributed by atoms with Gasteiger partial charge in [-0.25, -0.2) is 0 Å². The van der Waals surface area contributed by atoms with Crippen LogP contribution < -0.4 is 23.7 Å². The lowest BCUT2D eigenvalue weighted by molar-refractivity contribution is -0.150. The molecule has 0 radical (unpaired) electrons. The molecule has 2 aliphatic heterocycles. The van der Waals surface area contributed by atoms with Crippen LogP contribution in [0, 0.1) is 0 Å². The van der Waals surface area contributed by atoms with Crippen LogP contribution in [0.2, 0.25) is 0 Å². The van der Waals surface area contributed by atoms with Gasteiger partial charge in [0.2, 0.25) is 6.79 Å². The molecule has 6 rings (SSSR count). The number of hydrogen-bond donors (Lipinski definition) is 2. The molecule has 3 aliphatic rings. The van der Waals surface area contributed by atoms with Crippen LogP contribution in [-0.2, 0) is 11.2 Å². The third kappa shape index (κ3) is 2.52. The van der Waals surface area contributed by atoms with Crippen LogP contribution in [0.4, 0.5) is 0 Å². The lowest BCUT2D eigenvalue weighted by Gasteiger charge is -2.40. The van der Waals surface area contributed by atoms with Gasteiger partial charge in [-0.05, 0) is 24.1 Å². The molecule has 0 saturated heterocycles. The highest BCUT2D eigenvalue weighted by molar-refractivity contribution is 5.63. The van der Waals surface area contributed by atoms with Gasteiger partial charge in [0.05, 0.1) is 25.9 Å². The van der Waals surface area contributed by atoms with Gasteiger partial charge in [0, 0.05) is 23.6 Å². The summed E-state index contributed by atoms with van der Waals surface area (Å²) in [6.07, 6.45) is -0.819. The average molecular weight is 448 g/mol. The van der Waals surface area contributed by atoms with Gasteiger partial charge in [0.25, 0.3) is 0 Å². The predicted molar refractivity (Wildman–Crippen MR) is 118 cm³/mol. The van der Waals surface area contributed by atoms with Gasteiger partial charge in [0.15, 0.2) is 22.7 Å². The molecule has 3 aromatic carbocycles. The third-order valence-corrected chi connectivity index (χ3v) is 7.15. The van der Waals surface area contributed by atoms with E-state index in [2.05, 4.69) is 0 Å². The van der Waals surface area contributed by atoms with Crippen LogP contribution >= 0.6 is 0 Å². The summed E-state index contributed by atoms with van der Waals surface area (Å²) in [5.74, 6) is 2.17. The quantitative estimate of drug-likeness (QED) is 0.632. The normalized spacial score (nSPS) is 28.7. The number of ether oxygens (including phenoxy) is 5. The zero-order chi connectivity index (χ0) is 22.8. The molecule has 2 heterocycles. The lowest BCUT2D eigenvalue weighted by atomic mass is 9.71. The van der Waals surface area contributed by atoms with Gasteiger partial charge in [-0.2, -0.15) is 0 Å². The Morgan fingerprint density at radius 3 is 2.45 bits per heavy atom. The van der Waals surface area contributed by atoms with E-state index < -0.39 is 17.3 Å². The Kier molecular flexibility index (Phi) is 4.31. The number of aliphatic hydroxyl groups excluding tert-OH is 1. The molecule has 0 amide bonds. The Morgan fingerprint density at radius 2 is 1.70 bits per heavy atom. The van der Waals surface area contributed by atoms with Gasteiger partial charge in [-0.1, -0.05) is 36.4 Å². The van der Waals surface area contributed by atoms with Crippen molar-refractivity contribution in [3.8, 4) is 28.7 Å². The van der Waals surface area contributed by atoms with Crippen molar-refractivity contribution >= 4 is 0 Å². The topological polar surface area (TPSA) is 86.6 Å². The largest absolute Gasteiger partial charge is 0.496 e. The maximum Gasteiger partial charge on any atom is 0.231 e. The van der Waals surface area contributed by atoms with E-state index in [4.69, 9.17) is 23.7 Å². The molecule has 1 aliphatic carbocycles. The monoisotopic (exact) mass is 448 g/mol. The van der Waals surface area contributed by atoms with Crippen molar-refractivity contribution in [2.45, 2.75) is 29.6 Å². The molecule has 1 fully saturated rings. The minimum atomic E-state index is -1.78. The van der Waals surface area contributed by atoms with Gasteiger partial charge >= 0.3 is 0 Å². The summed E-state index contributed by atoms with van der Waals surface area (Å²) in [6, 6.07) is 18.7. The zero-order valence-corrected chi connectivity index (χ0v) is 18.3. The molecule has 1 unspecified atom stereocenters. The Hall–Kier alpha value is -3.42. The summed E-state index contributed by atoms with van der Waals surface area (Å²) >= 11 is 0. The highest BCUT2D eigenvalue weighted by Crippen LogP contribution is 2.68. The molecule has 7 heteroatoms. The summed E-state index contributed by atoms with van der Waals surface area (Å²) in [5, 5.41) is 23.9. The first-order valence-electron chi connectivity index (χ1n) is 10.8. The summed E-state index contributed by atoms with van der Waals surface area (Å²) in [5.41, 5.74) is -1.08. The summed E-state index contributed by atoms with van der Waals surface area (Å²) in [4.78, 5) is 0. The summed E-state index contributed by atoms with van der Waals surface area (Å²) < 4.78 is 28.9. The zero-order valence-electron chi connectivity index (χ0n) is 18.3. The molecular formula is C26H24O7. The van der Waals surface area contributed by atoms with Crippen molar-refractivity contribution in [1.29, 1.82) is 0 Å². The van der Waals surface area contributed by atoms with Crippen LogP contribution in [-0.4, -0.2) is 37.3 Å². The Morgan fingerprint density at radius 1 is 0.909 bits per heavy atom. The minimum absolute atomic E-state index is 0.132. The Balaban J connectivity index is 1.65. The van der Waals surface area contributed by atoms with Crippen LogP contribution in [0.1, 0.15) is 29.0 Å². The second-order valence-electron chi connectivity index (χ2n) is 8.59. The van der Waals surface area contributed by atoms with Crippen LogP contribution in [0.15, 0.2) is 60.7 Å². The molecule has 33 heavy (non-hydrogen) atoms. The number of rotatable bonds is 4. The fourth-order valence-corrected chi connectivity index (χ4v) is 5.71. The van der Waals surface area contributed by atoms with Gasteiger partial charge in [0.1, 0.15) is 17.2 Å². The first-order valence-corrected chi connectivity index (χ1v) is 10.8. The van der Waals surface area contributed by atoms with Gasteiger partial charge < -0.3 is 33.9 Å². The molecule has 0 aromatic heterocycles. The predicted octanol–water partition coefficient (Wildman–Crippen LogP) is 3.46. The van der Waals surface area contributed by atoms with E-state index in [1.165, 1.54) is 7.11 Å². The maximum absolute atomic E-state index is 12.4. The van der Waals surface area contributed by atoms with E-state index >= 15 is 0 Å². The molecule has 1 saturated carbocycles. The molecule has 7 nitrogen and oxygen atoms in total. The molecular weight excluding hydrogens is 424 g/mol. The molecule has 0 spiro atoms.